The number of hydrogen-bond acceptors (Lipinski definition) is 4. The van der Waals surface area contributed by atoms with E-state index in [1.165, 1.54) is 12.1 Å². The van der Waals surface area contributed by atoms with Gasteiger partial charge in [0.25, 0.3) is 0 Å². The number of nitrogens with one attached hydrogen (secondary N) is 1. The highest BCUT2D eigenvalue weighted by Crippen LogP contribution is 2.28. The second-order valence-corrected chi connectivity index (χ2v) is 6.25. The molecule has 0 saturated heterocycles. The van der Waals surface area contributed by atoms with Crippen LogP contribution in [0, 0.1) is 11.6 Å². The second-order valence-electron chi connectivity index (χ2n) is 6.25. The molecular weight excluding hydrogens is 366 g/mol. The van der Waals surface area contributed by atoms with Gasteiger partial charge in [-0.15, -0.1) is 0 Å². The summed E-state index contributed by atoms with van der Waals surface area (Å²) in [5.74, 6) is -1.53. The smallest absolute Gasteiger partial charge is 0.231 e. The number of benzene rings is 2. The van der Waals surface area contributed by atoms with Crippen molar-refractivity contribution in [1.29, 1.82) is 0 Å². The Morgan fingerprint density at radius 2 is 2.11 bits per heavy atom. The van der Waals surface area contributed by atoms with Crippen LogP contribution in [0.1, 0.15) is 12.7 Å². The van der Waals surface area contributed by atoms with Crippen LogP contribution in [0.3, 0.4) is 0 Å². The second kappa shape index (κ2) is 8.90. The first-order valence-electron chi connectivity index (χ1n) is 9.01. The first-order valence-corrected chi connectivity index (χ1v) is 9.01. The summed E-state index contributed by atoms with van der Waals surface area (Å²) in [5.41, 5.74) is 7.40. The lowest BCUT2D eigenvalue weighted by atomic mass is 10.0. The molecular formula is C20H22F2N4O2. The first-order chi connectivity index (χ1) is 13.5. The molecule has 0 aliphatic rings. The molecule has 0 aliphatic heterocycles. The van der Waals surface area contributed by atoms with Crippen molar-refractivity contribution < 1.29 is 18.3 Å². The van der Waals surface area contributed by atoms with Crippen molar-refractivity contribution in [2.24, 2.45) is 5.73 Å². The molecule has 1 amide bonds. The highest BCUT2D eigenvalue weighted by Gasteiger charge is 2.15. The number of nitrogens with zero attached hydrogens (tertiary/aromatic N) is 2. The van der Waals surface area contributed by atoms with E-state index in [1.54, 1.807) is 18.2 Å². The Morgan fingerprint density at radius 1 is 1.29 bits per heavy atom. The summed E-state index contributed by atoms with van der Waals surface area (Å²) in [5, 5.41) is 2.95. The van der Waals surface area contributed by atoms with Crippen LogP contribution in [0.4, 0.5) is 8.78 Å². The third-order valence-electron chi connectivity index (χ3n) is 4.34. The van der Waals surface area contributed by atoms with Crippen molar-refractivity contribution in [1.82, 2.24) is 14.9 Å². The molecule has 3 rings (SSSR count). The van der Waals surface area contributed by atoms with Crippen LogP contribution < -0.4 is 11.1 Å². The minimum atomic E-state index is -0.890. The van der Waals surface area contributed by atoms with Gasteiger partial charge in [-0.25, -0.2) is 13.8 Å². The lowest BCUT2D eigenvalue weighted by Crippen LogP contribution is -2.29. The molecule has 0 bridgehead atoms. The number of imidazole rings is 1. The molecule has 0 aliphatic carbocycles. The normalized spacial score (nSPS) is 11.2. The van der Waals surface area contributed by atoms with E-state index in [4.69, 9.17) is 10.5 Å². The van der Waals surface area contributed by atoms with E-state index in [1.807, 2.05) is 11.5 Å². The molecule has 1 aromatic heterocycles. The third kappa shape index (κ3) is 4.35. The summed E-state index contributed by atoms with van der Waals surface area (Å²) in [7, 11) is 0. The number of ether oxygens (including phenoxy) is 1. The standard InChI is InChI=1S/C20H22F2N4O2/c1-2-28-9-8-26-17-10-13(14-4-3-5-15(21)20(14)22)6-7-16(17)25-19(26)12-24-11-18(23)27/h3-7,10,24H,2,8-9,11-12H2,1H3,(H2,23,27). The van der Waals surface area contributed by atoms with E-state index < -0.39 is 17.5 Å². The Balaban J connectivity index is 2.00. The molecule has 28 heavy (non-hydrogen) atoms. The minimum absolute atomic E-state index is 0.0361. The molecule has 148 valence electrons. The summed E-state index contributed by atoms with van der Waals surface area (Å²) in [6.45, 7) is 3.88. The molecule has 0 atom stereocenters. The summed E-state index contributed by atoms with van der Waals surface area (Å²) in [4.78, 5) is 15.6. The molecule has 3 aromatic rings. The molecule has 0 fully saturated rings. The van der Waals surface area contributed by atoms with Gasteiger partial charge >= 0.3 is 0 Å². The van der Waals surface area contributed by atoms with Crippen LogP contribution in [0.25, 0.3) is 22.2 Å². The summed E-state index contributed by atoms with van der Waals surface area (Å²) >= 11 is 0. The number of aromatic nitrogens is 2. The van der Waals surface area contributed by atoms with E-state index in [2.05, 4.69) is 10.3 Å². The lowest BCUT2D eigenvalue weighted by Gasteiger charge is -2.11. The highest BCUT2D eigenvalue weighted by atomic mass is 19.2. The maximum absolute atomic E-state index is 14.2. The van der Waals surface area contributed by atoms with Gasteiger partial charge in [-0.05, 0) is 30.7 Å². The number of hydrogen-bond donors (Lipinski definition) is 2. The summed E-state index contributed by atoms with van der Waals surface area (Å²) in [6.07, 6.45) is 0. The van der Waals surface area contributed by atoms with E-state index in [9.17, 15) is 13.6 Å². The monoisotopic (exact) mass is 388 g/mol. The largest absolute Gasteiger partial charge is 0.380 e. The maximum atomic E-state index is 14.2. The molecule has 0 spiro atoms. The Morgan fingerprint density at radius 3 is 2.86 bits per heavy atom. The van der Waals surface area contributed by atoms with Gasteiger partial charge in [0.1, 0.15) is 5.82 Å². The molecule has 0 unspecified atom stereocenters. The van der Waals surface area contributed by atoms with Crippen LogP contribution in [0.2, 0.25) is 0 Å². The van der Waals surface area contributed by atoms with Crippen molar-refractivity contribution in [3.05, 3.63) is 53.9 Å². The lowest BCUT2D eigenvalue weighted by molar-refractivity contribution is -0.117. The van der Waals surface area contributed by atoms with E-state index in [-0.39, 0.29) is 12.1 Å². The summed E-state index contributed by atoms with van der Waals surface area (Å²) < 4.78 is 35.2. The number of carbonyl (C=O) groups is 1. The number of amides is 1. The van der Waals surface area contributed by atoms with Crippen molar-refractivity contribution >= 4 is 16.9 Å². The van der Waals surface area contributed by atoms with Gasteiger partial charge in [0.2, 0.25) is 5.91 Å². The Bertz CT molecular complexity index is 988. The topological polar surface area (TPSA) is 82.2 Å². The number of rotatable bonds is 9. The third-order valence-corrected chi connectivity index (χ3v) is 4.34. The predicted molar refractivity (Wildman–Crippen MR) is 102 cm³/mol. The number of fused-ring (bicyclic) bond motifs is 1. The number of carbonyl (C=O) groups excluding carboxylic acids is 1. The average Bonchev–Trinajstić information content (AvgIpc) is 3.01. The van der Waals surface area contributed by atoms with Gasteiger partial charge < -0.3 is 20.4 Å². The van der Waals surface area contributed by atoms with Gasteiger partial charge in [0.05, 0.1) is 30.7 Å². The van der Waals surface area contributed by atoms with Crippen molar-refractivity contribution in [2.45, 2.75) is 20.0 Å². The number of primary amides is 1. The molecule has 6 nitrogen and oxygen atoms in total. The van der Waals surface area contributed by atoms with Crippen LogP contribution in [-0.4, -0.2) is 35.2 Å². The van der Waals surface area contributed by atoms with Crippen molar-refractivity contribution in [3.63, 3.8) is 0 Å². The van der Waals surface area contributed by atoms with Crippen LogP contribution in [0.5, 0.6) is 0 Å². The highest BCUT2D eigenvalue weighted by molar-refractivity contribution is 5.83. The first kappa shape index (κ1) is 19.9. The molecule has 1 heterocycles. The van der Waals surface area contributed by atoms with Gasteiger partial charge in [-0.1, -0.05) is 18.2 Å². The maximum Gasteiger partial charge on any atom is 0.231 e. The fourth-order valence-corrected chi connectivity index (χ4v) is 3.05. The quantitative estimate of drug-likeness (QED) is 0.552. The Kier molecular flexibility index (Phi) is 6.33. The van der Waals surface area contributed by atoms with Gasteiger partial charge in [0.15, 0.2) is 11.6 Å². The number of nitrogens with two attached hydrogens (primary N) is 1. The van der Waals surface area contributed by atoms with Gasteiger partial charge in [-0.2, -0.15) is 0 Å². The SMILES string of the molecule is CCOCCn1c(CNCC(N)=O)nc2ccc(-c3cccc(F)c3F)cc21. The fourth-order valence-electron chi connectivity index (χ4n) is 3.05. The molecule has 2 aromatic carbocycles. The van der Waals surface area contributed by atoms with Crippen molar-refractivity contribution in [3.8, 4) is 11.1 Å². The molecule has 8 heteroatoms. The fraction of sp³-hybridized carbons (Fsp3) is 0.300. The van der Waals surface area contributed by atoms with Gasteiger partial charge in [-0.3, -0.25) is 4.79 Å². The van der Waals surface area contributed by atoms with E-state index in [0.29, 0.717) is 43.2 Å². The Hall–Kier alpha value is -2.84. The van der Waals surface area contributed by atoms with E-state index >= 15 is 0 Å². The van der Waals surface area contributed by atoms with Gasteiger partial charge in [0, 0.05) is 18.7 Å². The van der Waals surface area contributed by atoms with Crippen molar-refractivity contribution in [2.75, 3.05) is 19.8 Å². The molecule has 0 radical (unpaired) electrons. The zero-order valence-corrected chi connectivity index (χ0v) is 15.5. The molecule has 3 N–H and O–H groups in total. The zero-order chi connectivity index (χ0) is 20.1. The Labute approximate surface area is 161 Å². The van der Waals surface area contributed by atoms with Crippen LogP contribution >= 0.6 is 0 Å². The summed E-state index contributed by atoms with van der Waals surface area (Å²) in [6, 6.07) is 9.36. The predicted octanol–water partition coefficient (Wildman–Crippen LogP) is 2.59. The zero-order valence-electron chi connectivity index (χ0n) is 15.5. The average molecular weight is 388 g/mol. The minimum Gasteiger partial charge on any atom is -0.380 e. The number of halogens is 2. The van der Waals surface area contributed by atoms with Crippen LogP contribution in [-0.2, 0) is 22.6 Å². The van der Waals surface area contributed by atoms with E-state index in [0.717, 1.165) is 11.6 Å². The van der Waals surface area contributed by atoms with Crippen LogP contribution in [0.15, 0.2) is 36.4 Å². The molecule has 0 saturated carbocycles.